The fraction of sp³-hybridized carbons (Fsp3) is 0.688. The summed E-state index contributed by atoms with van der Waals surface area (Å²) in [5.41, 5.74) is 0.710. The van der Waals surface area contributed by atoms with Crippen LogP contribution in [0.2, 0.25) is 0 Å². The van der Waals surface area contributed by atoms with Crippen LogP contribution in [0.15, 0.2) is 4.99 Å². The molecule has 1 heterocycles. The summed E-state index contributed by atoms with van der Waals surface area (Å²) in [7, 11) is 0. The average molecular weight is 340 g/mol. The molecule has 0 aliphatic heterocycles. The lowest BCUT2D eigenvalue weighted by atomic mass is 9.96. The predicted molar refractivity (Wildman–Crippen MR) is 96.9 cm³/mol. The van der Waals surface area contributed by atoms with Gasteiger partial charge >= 0.3 is 0 Å². The van der Waals surface area contributed by atoms with Gasteiger partial charge in [-0.1, -0.05) is 20.8 Å². The number of amides is 1. The molecule has 0 saturated heterocycles. The van der Waals surface area contributed by atoms with E-state index in [1.807, 2.05) is 34.6 Å². The number of aryl methyl sites for hydroxylation is 2. The third kappa shape index (κ3) is 6.99. The van der Waals surface area contributed by atoms with Gasteiger partial charge in [-0.2, -0.15) is 0 Å². The normalized spacial score (nSPS) is 12.2. The van der Waals surface area contributed by atoms with E-state index in [9.17, 15) is 4.79 Å². The maximum atomic E-state index is 11.8. The van der Waals surface area contributed by atoms with Crippen LogP contribution in [0.1, 0.15) is 43.3 Å². The van der Waals surface area contributed by atoms with Crippen molar-refractivity contribution in [1.29, 1.82) is 0 Å². The van der Waals surface area contributed by atoms with Crippen molar-refractivity contribution in [1.82, 2.24) is 20.9 Å². The Balaban J connectivity index is 2.45. The van der Waals surface area contributed by atoms with E-state index < -0.39 is 0 Å². The molecule has 6 nitrogen and oxygen atoms in total. The van der Waals surface area contributed by atoms with Crippen molar-refractivity contribution >= 4 is 23.2 Å². The Bertz CT molecular complexity index is 526. The van der Waals surface area contributed by atoms with Crippen LogP contribution in [0.3, 0.4) is 0 Å². The Kier molecular flexibility index (Phi) is 7.48. The van der Waals surface area contributed by atoms with Gasteiger partial charge < -0.3 is 16.0 Å². The monoisotopic (exact) mass is 339 g/mol. The average Bonchev–Trinajstić information content (AvgIpc) is 2.78. The van der Waals surface area contributed by atoms with Gasteiger partial charge in [0.25, 0.3) is 0 Å². The van der Waals surface area contributed by atoms with Gasteiger partial charge in [-0.05, 0) is 20.8 Å². The summed E-state index contributed by atoms with van der Waals surface area (Å²) in [5.74, 6) is 0.790. The molecule has 130 valence electrons. The second-order valence-corrected chi connectivity index (χ2v) is 7.66. The molecule has 1 aromatic rings. The lowest BCUT2D eigenvalue weighted by Crippen LogP contribution is -2.43. The quantitative estimate of drug-likeness (QED) is 0.421. The van der Waals surface area contributed by atoms with E-state index >= 15 is 0 Å². The third-order valence-electron chi connectivity index (χ3n) is 3.17. The van der Waals surface area contributed by atoms with Crippen molar-refractivity contribution in [3.05, 3.63) is 15.6 Å². The van der Waals surface area contributed by atoms with Crippen molar-refractivity contribution < 1.29 is 4.79 Å². The number of aromatic nitrogens is 1. The van der Waals surface area contributed by atoms with Crippen molar-refractivity contribution in [3.8, 4) is 0 Å². The minimum atomic E-state index is -0.362. The number of nitrogens with zero attached hydrogens (tertiary/aromatic N) is 2. The van der Waals surface area contributed by atoms with E-state index in [2.05, 4.69) is 32.9 Å². The first-order valence-corrected chi connectivity index (χ1v) is 8.79. The fourth-order valence-electron chi connectivity index (χ4n) is 1.72. The number of guanidine groups is 1. The van der Waals surface area contributed by atoms with Crippen LogP contribution in [0, 0.1) is 19.3 Å². The number of rotatable bonds is 6. The fourth-order valence-corrected chi connectivity index (χ4v) is 2.58. The van der Waals surface area contributed by atoms with Gasteiger partial charge in [-0.15, -0.1) is 11.3 Å². The second kappa shape index (κ2) is 8.86. The predicted octanol–water partition coefficient (Wildman–Crippen LogP) is 1.98. The van der Waals surface area contributed by atoms with E-state index in [1.54, 1.807) is 11.3 Å². The molecule has 1 amide bonds. The Labute approximate surface area is 143 Å². The van der Waals surface area contributed by atoms with E-state index in [1.165, 1.54) is 4.88 Å². The van der Waals surface area contributed by atoms with Gasteiger partial charge in [-0.3, -0.25) is 4.79 Å². The van der Waals surface area contributed by atoms with Gasteiger partial charge in [0.2, 0.25) is 5.91 Å². The van der Waals surface area contributed by atoms with E-state index in [4.69, 9.17) is 0 Å². The minimum Gasteiger partial charge on any atom is -0.357 e. The van der Waals surface area contributed by atoms with Crippen LogP contribution in [0.4, 0.5) is 0 Å². The molecule has 0 bridgehead atoms. The molecule has 0 aliphatic carbocycles. The first-order valence-electron chi connectivity index (χ1n) is 7.97. The number of hydrogen-bond donors (Lipinski definition) is 3. The number of nitrogens with one attached hydrogen (secondary N) is 3. The zero-order valence-corrected chi connectivity index (χ0v) is 15.9. The molecule has 0 spiro atoms. The summed E-state index contributed by atoms with van der Waals surface area (Å²) in [6.07, 6.45) is 0. The van der Waals surface area contributed by atoms with Gasteiger partial charge in [0, 0.05) is 29.9 Å². The third-order valence-corrected chi connectivity index (χ3v) is 4.23. The lowest BCUT2D eigenvalue weighted by molar-refractivity contribution is -0.128. The highest BCUT2D eigenvalue weighted by atomic mass is 32.1. The van der Waals surface area contributed by atoms with Crippen LogP contribution < -0.4 is 16.0 Å². The molecule has 1 aromatic heterocycles. The molecule has 1 rings (SSSR count). The van der Waals surface area contributed by atoms with E-state index in [-0.39, 0.29) is 11.3 Å². The number of aliphatic imine (C=N–C) groups is 1. The van der Waals surface area contributed by atoms with Crippen molar-refractivity contribution in [3.63, 3.8) is 0 Å². The molecule has 0 aliphatic rings. The summed E-state index contributed by atoms with van der Waals surface area (Å²) in [4.78, 5) is 22.0. The number of thiazole rings is 1. The highest BCUT2D eigenvalue weighted by Crippen LogP contribution is 2.16. The summed E-state index contributed by atoms with van der Waals surface area (Å²) in [5, 5.41) is 10.3. The molecule has 0 aromatic carbocycles. The highest BCUT2D eigenvalue weighted by Gasteiger charge is 2.20. The number of carbonyl (C=O) groups is 1. The maximum Gasteiger partial charge on any atom is 0.225 e. The largest absolute Gasteiger partial charge is 0.357 e. The summed E-state index contributed by atoms with van der Waals surface area (Å²) in [6.45, 7) is 14.4. The molecule has 7 heteroatoms. The topological polar surface area (TPSA) is 78.4 Å². The zero-order chi connectivity index (χ0) is 17.5. The van der Waals surface area contributed by atoms with Crippen LogP contribution in [-0.2, 0) is 11.3 Å². The molecule has 0 fully saturated rings. The van der Waals surface area contributed by atoms with E-state index in [0.717, 1.165) is 23.2 Å². The smallest absolute Gasteiger partial charge is 0.225 e. The molecule has 23 heavy (non-hydrogen) atoms. The number of hydrogen-bond acceptors (Lipinski definition) is 4. The molecule has 0 saturated carbocycles. The molecule has 0 radical (unpaired) electrons. The van der Waals surface area contributed by atoms with Gasteiger partial charge in [0.05, 0.1) is 12.2 Å². The lowest BCUT2D eigenvalue weighted by Gasteiger charge is -2.18. The standard InChI is InChI=1S/C16H29N5OS/c1-7-17-15(19-9-8-18-14(22)16(4,5)6)20-10-13-21-11(2)12(3)23-13/h7-10H2,1-6H3,(H,18,22)(H2,17,19,20). The van der Waals surface area contributed by atoms with Crippen LogP contribution in [0.25, 0.3) is 0 Å². The maximum absolute atomic E-state index is 11.8. The molecule has 0 unspecified atom stereocenters. The Morgan fingerprint density at radius 1 is 1.17 bits per heavy atom. The van der Waals surface area contributed by atoms with Crippen molar-refractivity contribution in [2.45, 2.75) is 48.1 Å². The molecule has 3 N–H and O–H groups in total. The Hall–Kier alpha value is -1.63. The van der Waals surface area contributed by atoms with Gasteiger partial charge in [0.15, 0.2) is 5.96 Å². The van der Waals surface area contributed by atoms with Crippen molar-refractivity contribution in [2.75, 3.05) is 19.6 Å². The van der Waals surface area contributed by atoms with Crippen LogP contribution in [-0.4, -0.2) is 36.5 Å². The molecular weight excluding hydrogens is 310 g/mol. The first kappa shape index (κ1) is 19.4. The Morgan fingerprint density at radius 3 is 2.35 bits per heavy atom. The van der Waals surface area contributed by atoms with Crippen LogP contribution in [0.5, 0.6) is 0 Å². The molecular formula is C16H29N5OS. The summed E-state index contributed by atoms with van der Waals surface area (Å²) >= 11 is 1.68. The van der Waals surface area contributed by atoms with Gasteiger partial charge in [0.1, 0.15) is 5.01 Å². The number of carbonyl (C=O) groups excluding carboxylic acids is 1. The first-order chi connectivity index (χ1) is 10.7. The minimum absolute atomic E-state index is 0.0509. The van der Waals surface area contributed by atoms with Gasteiger partial charge in [-0.25, -0.2) is 9.98 Å². The highest BCUT2D eigenvalue weighted by molar-refractivity contribution is 7.11. The second-order valence-electron chi connectivity index (χ2n) is 6.38. The van der Waals surface area contributed by atoms with Crippen LogP contribution >= 0.6 is 11.3 Å². The van der Waals surface area contributed by atoms with E-state index in [0.29, 0.717) is 19.6 Å². The molecule has 0 atom stereocenters. The summed E-state index contributed by atoms with van der Waals surface area (Å²) in [6, 6.07) is 0. The SMILES string of the molecule is CCNC(=NCc1nc(C)c(C)s1)NCCNC(=O)C(C)(C)C. The zero-order valence-electron chi connectivity index (χ0n) is 15.0. The summed E-state index contributed by atoms with van der Waals surface area (Å²) < 4.78 is 0. The Morgan fingerprint density at radius 2 is 1.83 bits per heavy atom. The van der Waals surface area contributed by atoms with Crippen molar-refractivity contribution in [2.24, 2.45) is 10.4 Å².